The van der Waals surface area contributed by atoms with Gasteiger partial charge in [0.15, 0.2) is 4.77 Å². The van der Waals surface area contributed by atoms with Gasteiger partial charge in [-0.3, -0.25) is 9.78 Å². The van der Waals surface area contributed by atoms with Gasteiger partial charge >= 0.3 is 0 Å². The fourth-order valence-electron chi connectivity index (χ4n) is 2.67. The zero-order chi connectivity index (χ0) is 17.2. The maximum Gasteiger partial charge on any atom is 0.252 e. The fourth-order valence-corrected chi connectivity index (χ4v) is 2.96. The van der Waals surface area contributed by atoms with Crippen LogP contribution in [0.25, 0.3) is 5.57 Å². The van der Waals surface area contributed by atoms with Crippen molar-refractivity contribution in [2.75, 3.05) is 19.8 Å². The van der Waals surface area contributed by atoms with E-state index in [2.05, 4.69) is 4.98 Å². The molecule has 6 nitrogen and oxygen atoms in total. The number of ether oxygens (including phenoxy) is 1. The largest absolute Gasteiger partial charge is 0.494 e. The van der Waals surface area contributed by atoms with Gasteiger partial charge in [-0.25, -0.2) is 0 Å². The summed E-state index contributed by atoms with van der Waals surface area (Å²) in [6, 6.07) is 1.51. The van der Waals surface area contributed by atoms with Gasteiger partial charge in [-0.2, -0.15) is 0 Å². The van der Waals surface area contributed by atoms with Gasteiger partial charge < -0.3 is 20.1 Å². The quantitative estimate of drug-likeness (QED) is 0.685. The smallest absolute Gasteiger partial charge is 0.252 e. The Morgan fingerprint density at radius 3 is 2.78 bits per heavy atom. The highest BCUT2D eigenvalue weighted by Gasteiger charge is 2.36. The van der Waals surface area contributed by atoms with Crippen molar-refractivity contribution in [1.82, 2.24) is 9.55 Å². The Balaban J connectivity index is 2.71. The highest BCUT2D eigenvalue weighted by atomic mass is 32.1. The lowest BCUT2D eigenvalue weighted by Crippen LogP contribution is -2.22. The molecule has 0 fully saturated rings. The van der Waals surface area contributed by atoms with Crippen molar-refractivity contribution in [2.24, 2.45) is 11.1 Å². The molecule has 0 unspecified atom stereocenters. The summed E-state index contributed by atoms with van der Waals surface area (Å²) in [5, 5.41) is 9.09. The van der Waals surface area contributed by atoms with Crippen LogP contribution in [0, 0.1) is 10.2 Å². The third kappa shape index (κ3) is 3.31. The van der Waals surface area contributed by atoms with Crippen LogP contribution in [0.3, 0.4) is 0 Å². The van der Waals surface area contributed by atoms with Gasteiger partial charge in [0.2, 0.25) is 0 Å². The second-order valence-electron chi connectivity index (χ2n) is 6.03. The second-order valence-corrected chi connectivity index (χ2v) is 6.42. The number of nitrogens with two attached hydrogens (primary N) is 1. The maximum atomic E-state index is 11.9. The first-order valence-corrected chi connectivity index (χ1v) is 7.95. The Hall–Kier alpha value is -1.70. The van der Waals surface area contributed by atoms with Gasteiger partial charge in [0, 0.05) is 30.1 Å². The summed E-state index contributed by atoms with van der Waals surface area (Å²) in [5.74, 6) is 0.731. The van der Waals surface area contributed by atoms with Gasteiger partial charge in [-0.15, -0.1) is 0 Å². The van der Waals surface area contributed by atoms with Crippen LogP contribution >= 0.6 is 12.2 Å². The maximum absolute atomic E-state index is 11.9. The number of hydrogen-bond donors (Lipinski definition) is 3. The van der Waals surface area contributed by atoms with E-state index in [4.69, 9.17) is 27.8 Å². The molecule has 1 aromatic rings. The molecule has 23 heavy (non-hydrogen) atoms. The van der Waals surface area contributed by atoms with E-state index in [1.165, 1.54) is 6.07 Å². The molecule has 0 atom stereocenters. The summed E-state index contributed by atoms with van der Waals surface area (Å²) in [6.07, 6.45) is 2.00. The number of nitrogens with one attached hydrogen (secondary N) is 1. The summed E-state index contributed by atoms with van der Waals surface area (Å²) in [5.41, 5.74) is 7.71. The van der Waals surface area contributed by atoms with Crippen LogP contribution in [0.5, 0.6) is 0 Å². The summed E-state index contributed by atoms with van der Waals surface area (Å²) in [7, 11) is 0. The molecule has 0 bridgehead atoms. The molecule has 0 amide bonds. The fraction of sp³-hybridized carbons (Fsp3) is 0.500. The normalized spacial score (nSPS) is 16.7. The van der Waals surface area contributed by atoms with Gasteiger partial charge in [0.05, 0.1) is 12.3 Å². The lowest BCUT2D eigenvalue weighted by atomic mass is 9.86. The van der Waals surface area contributed by atoms with Crippen molar-refractivity contribution in [3.63, 3.8) is 0 Å². The number of rotatable bonds is 6. The molecule has 1 aliphatic rings. The molecule has 0 saturated carbocycles. The van der Waals surface area contributed by atoms with Crippen molar-refractivity contribution in [3.05, 3.63) is 44.3 Å². The number of H-pyrrole nitrogens is 1. The Morgan fingerprint density at radius 2 is 2.17 bits per heavy atom. The minimum atomic E-state index is -0.310. The standard InChI is InChI=1S/C16H23N3O3S/c1-10-8-11(14(16(10,2)3)22-7-6-20)12-9-13(21)18-15(23)19(12)5-4-17/h8-9,20H,4-7,17H2,1-3H3,(H,18,21,23). The summed E-state index contributed by atoms with van der Waals surface area (Å²) >= 11 is 5.27. The van der Waals surface area contributed by atoms with Crippen molar-refractivity contribution >= 4 is 17.8 Å². The SMILES string of the molecule is CC1=CC(c2cc(=O)[nH]c(=S)n2CCN)=C(OCCO)C1(C)C. The highest BCUT2D eigenvalue weighted by molar-refractivity contribution is 7.71. The summed E-state index contributed by atoms with van der Waals surface area (Å²) in [4.78, 5) is 14.5. The monoisotopic (exact) mass is 337 g/mol. The molecule has 0 spiro atoms. The Bertz CT molecular complexity index is 772. The molecule has 0 aliphatic heterocycles. The Kier molecular flexibility index (Phi) is 5.23. The second kappa shape index (κ2) is 6.82. The average Bonchev–Trinajstić information content (AvgIpc) is 2.70. The lowest BCUT2D eigenvalue weighted by Gasteiger charge is -2.26. The predicted molar refractivity (Wildman–Crippen MR) is 92.4 cm³/mol. The van der Waals surface area contributed by atoms with Crippen molar-refractivity contribution in [2.45, 2.75) is 27.3 Å². The number of aromatic amines is 1. The van der Waals surface area contributed by atoms with Gasteiger partial charge in [-0.1, -0.05) is 5.57 Å². The molecule has 1 heterocycles. The number of aromatic nitrogens is 2. The van der Waals surface area contributed by atoms with Crippen LogP contribution in [0.15, 0.2) is 28.3 Å². The minimum Gasteiger partial charge on any atom is -0.494 e. The van der Waals surface area contributed by atoms with Gasteiger partial charge in [0.1, 0.15) is 12.4 Å². The molecule has 126 valence electrons. The Labute approximate surface area is 140 Å². The molecule has 0 saturated heterocycles. The zero-order valence-corrected chi connectivity index (χ0v) is 14.5. The van der Waals surface area contributed by atoms with E-state index >= 15 is 0 Å². The topological polar surface area (TPSA) is 93.3 Å². The molecule has 1 aromatic heterocycles. The number of aliphatic hydroxyl groups is 1. The summed E-state index contributed by atoms with van der Waals surface area (Å²) < 4.78 is 7.95. The first-order chi connectivity index (χ1) is 10.8. The summed E-state index contributed by atoms with van der Waals surface area (Å²) in [6.45, 7) is 7.14. The van der Waals surface area contributed by atoms with E-state index in [-0.39, 0.29) is 24.2 Å². The molecule has 0 aromatic carbocycles. The third-order valence-electron chi connectivity index (χ3n) is 4.16. The molecule has 1 aliphatic carbocycles. The average molecular weight is 337 g/mol. The van der Waals surface area contributed by atoms with Crippen LogP contribution in [-0.4, -0.2) is 34.4 Å². The van der Waals surface area contributed by atoms with E-state index in [1.54, 1.807) is 4.57 Å². The molecular weight excluding hydrogens is 314 g/mol. The Morgan fingerprint density at radius 1 is 1.48 bits per heavy atom. The van der Waals surface area contributed by atoms with Crippen LogP contribution in [0.2, 0.25) is 0 Å². The molecule has 7 heteroatoms. The minimum absolute atomic E-state index is 0.0730. The van der Waals surface area contributed by atoms with Crippen molar-refractivity contribution in [1.29, 1.82) is 0 Å². The number of nitrogens with zero attached hydrogens (tertiary/aromatic N) is 1. The van der Waals surface area contributed by atoms with Crippen LogP contribution in [0.4, 0.5) is 0 Å². The van der Waals surface area contributed by atoms with E-state index in [0.717, 1.165) is 16.9 Å². The van der Waals surface area contributed by atoms with Crippen LogP contribution < -0.4 is 11.3 Å². The predicted octanol–water partition coefficient (Wildman–Crippen LogP) is 1.57. The van der Waals surface area contributed by atoms with Crippen LogP contribution in [0.1, 0.15) is 26.5 Å². The molecule has 0 radical (unpaired) electrons. The number of allylic oxidation sites excluding steroid dienone is 3. The van der Waals surface area contributed by atoms with Crippen molar-refractivity contribution in [3.8, 4) is 0 Å². The van der Waals surface area contributed by atoms with Crippen LogP contribution in [-0.2, 0) is 11.3 Å². The molecule has 2 rings (SSSR count). The third-order valence-corrected chi connectivity index (χ3v) is 4.48. The first kappa shape index (κ1) is 17.7. The van der Waals surface area contributed by atoms with E-state index < -0.39 is 0 Å². The van der Waals surface area contributed by atoms with E-state index in [1.807, 2.05) is 26.8 Å². The molecule has 4 N–H and O–H groups in total. The van der Waals surface area contributed by atoms with Gasteiger partial charge in [0.25, 0.3) is 5.56 Å². The zero-order valence-electron chi connectivity index (χ0n) is 13.7. The number of hydrogen-bond acceptors (Lipinski definition) is 5. The van der Waals surface area contributed by atoms with Crippen molar-refractivity contribution < 1.29 is 9.84 Å². The number of aliphatic hydroxyl groups excluding tert-OH is 1. The lowest BCUT2D eigenvalue weighted by molar-refractivity contribution is 0.117. The first-order valence-electron chi connectivity index (χ1n) is 7.54. The molecular formula is C16H23N3O3S. The van der Waals surface area contributed by atoms with E-state index in [0.29, 0.717) is 23.6 Å². The van der Waals surface area contributed by atoms with E-state index in [9.17, 15) is 4.79 Å². The highest BCUT2D eigenvalue weighted by Crippen LogP contribution is 2.46. The van der Waals surface area contributed by atoms with Gasteiger partial charge in [-0.05, 0) is 39.1 Å².